The van der Waals surface area contributed by atoms with E-state index in [-0.39, 0.29) is 35.6 Å². The van der Waals surface area contributed by atoms with Crippen molar-refractivity contribution in [3.63, 3.8) is 0 Å². The Hall–Kier alpha value is -3.30. The highest BCUT2D eigenvalue weighted by atomic mass is 32.2. The van der Waals surface area contributed by atoms with Gasteiger partial charge < -0.3 is 5.32 Å². The molecule has 2 aromatic carbocycles. The van der Waals surface area contributed by atoms with E-state index >= 15 is 0 Å². The summed E-state index contributed by atoms with van der Waals surface area (Å²) in [4.78, 5) is 24.3. The van der Waals surface area contributed by atoms with Crippen molar-refractivity contribution in [1.82, 2.24) is 19.4 Å². The Morgan fingerprint density at radius 2 is 1.79 bits per heavy atom. The number of piperidine rings is 1. The molecule has 0 saturated carbocycles. The van der Waals surface area contributed by atoms with Crippen molar-refractivity contribution in [2.45, 2.75) is 31.1 Å². The summed E-state index contributed by atoms with van der Waals surface area (Å²) in [5.41, 5.74) is 2.46. The first-order valence-electron chi connectivity index (χ1n) is 11.3. The molecule has 0 spiro atoms. The summed E-state index contributed by atoms with van der Waals surface area (Å²) in [5, 5.41) is 7.19. The smallest absolute Gasteiger partial charge is 0.243 e. The number of hydrogen-bond donors (Lipinski definition) is 1. The first-order chi connectivity index (χ1) is 16.3. The lowest BCUT2D eigenvalue weighted by molar-refractivity contribution is -0.126. The topological polar surface area (TPSA) is 101 Å². The maximum Gasteiger partial charge on any atom is 0.243 e. The van der Waals surface area contributed by atoms with Gasteiger partial charge in [0.1, 0.15) is 0 Å². The van der Waals surface area contributed by atoms with Gasteiger partial charge in [0.15, 0.2) is 5.78 Å². The van der Waals surface area contributed by atoms with Crippen LogP contribution in [0.4, 0.5) is 0 Å². The first-order valence-corrected chi connectivity index (χ1v) is 12.8. The summed E-state index contributed by atoms with van der Waals surface area (Å²) in [7, 11) is -3.70. The Balaban J connectivity index is 1.26. The number of nitrogens with one attached hydrogen (secondary N) is 1. The summed E-state index contributed by atoms with van der Waals surface area (Å²) in [5.74, 6) is -0.428. The lowest BCUT2D eigenvalue weighted by Gasteiger charge is -2.30. The fraction of sp³-hybridized carbons (Fsp3) is 0.320. The van der Waals surface area contributed by atoms with Gasteiger partial charge in [-0.05, 0) is 62.1 Å². The molecule has 0 radical (unpaired) electrons. The maximum atomic E-state index is 13.0. The molecule has 1 N–H and O–H groups in total. The quantitative estimate of drug-likeness (QED) is 0.500. The van der Waals surface area contributed by atoms with Gasteiger partial charge in [-0.1, -0.05) is 24.3 Å². The van der Waals surface area contributed by atoms with Crippen LogP contribution < -0.4 is 5.32 Å². The zero-order valence-corrected chi connectivity index (χ0v) is 19.9. The van der Waals surface area contributed by atoms with Crippen molar-refractivity contribution < 1.29 is 18.0 Å². The molecular formula is C25H28N4O4S. The third kappa shape index (κ3) is 5.43. The predicted octanol–water partition coefficient (Wildman–Crippen LogP) is 2.83. The minimum Gasteiger partial charge on any atom is -0.356 e. The molecule has 9 heteroatoms. The Kier molecular flexibility index (Phi) is 7.23. The number of nitrogens with zero attached hydrogens (tertiary/aromatic N) is 3. The van der Waals surface area contributed by atoms with Crippen molar-refractivity contribution >= 4 is 21.7 Å². The molecule has 178 valence electrons. The summed E-state index contributed by atoms with van der Waals surface area (Å²) < 4.78 is 29.1. The predicted molar refractivity (Wildman–Crippen MR) is 128 cm³/mol. The van der Waals surface area contributed by atoms with E-state index in [9.17, 15) is 18.0 Å². The van der Waals surface area contributed by atoms with Crippen LogP contribution in [0.15, 0.2) is 71.9 Å². The molecule has 0 atom stereocenters. The van der Waals surface area contributed by atoms with Gasteiger partial charge in [0.05, 0.1) is 10.6 Å². The SMILES string of the molecule is CC(=O)c1cccc(S(=O)(=O)N2CCC(C(=O)NCCc3ccc(-n4cccn4)cc3)CC2)c1. The van der Waals surface area contributed by atoms with Crippen molar-refractivity contribution in [3.05, 3.63) is 78.1 Å². The van der Waals surface area contributed by atoms with Crippen LogP contribution in [0.1, 0.15) is 35.7 Å². The van der Waals surface area contributed by atoms with Crippen LogP contribution in [-0.2, 0) is 21.2 Å². The van der Waals surface area contributed by atoms with Gasteiger partial charge in [0.25, 0.3) is 0 Å². The maximum absolute atomic E-state index is 13.0. The standard InChI is InChI=1S/C25H28N4O4S/c1-19(30)22-4-2-5-24(18-22)34(32,33)28-16-11-21(12-17-28)25(31)26-14-10-20-6-8-23(9-7-20)29-15-3-13-27-29/h2-9,13,15,18,21H,10-12,14,16-17H2,1H3,(H,26,31). The third-order valence-electron chi connectivity index (χ3n) is 6.12. The zero-order chi connectivity index (χ0) is 24.1. The third-order valence-corrected chi connectivity index (χ3v) is 8.02. The van der Waals surface area contributed by atoms with E-state index in [4.69, 9.17) is 0 Å². The molecule has 1 aliphatic rings. The van der Waals surface area contributed by atoms with Crippen LogP contribution >= 0.6 is 0 Å². The Bertz CT molecular complexity index is 1250. The molecule has 1 saturated heterocycles. The van der Waals surface area contributed by atoms with Crippen LogP contribution in [0.2, 0.25) is 0 Å². The van der Waals surface area contributed by atoms with E-state index in [1.807, 2.05) is 36.5 Å². The second-order valence-corrected chi connectivity index (χ2v) is 10.4. The number of carbonyl (C=O) groups excluding carboxylic acids is 2. The van der Waals surface area contributed by atoms with Crippen LogP contribution in [0.5, 0.6) is 0 Å². The molecule has 1 aliphatic heterocycles. The number of ketones is 1. The van der Waals surface area contributed by atoms with Gasteiger partial charge in [-0.25, -0.2) is 13.1 Å². The van der Waals surface area contributed by atoms with Crippen LogP contribution in [0.25, 0.3) is 5.69 Å². The van der Waals surface area contributed by atoms with E-state index < -0.39 is 10.0 Å². The highest BCUT2D eigenvalue weighted by Crippen LogP contribution is 2.24. The van der Waals surface area contributed by atoms with Gasteiger partial charge in [0.2, 0.25) is 15.9 Å². The van der Waals surface area contributed by atoms with Gasteiger partial charge in [0, 0.05) is 43.5 Å². The van der Waals surface area contributed by atoms with Crippen molar-refractivity contribution in [2.75, 3.05) is 19.6 Å². The minimum absolute atomic E-state index is 0.0382. The molecule has 3 aromatic rings. The van der Waals surface area contributed by atoms with Gasteiger partial charge in [-0.2, -0.15) is 9.40 Å². The normalized spacial score (nSPS) is 15.2. The molecule has 1 aromatic heterocycles. The van der Waals surface area contributed by atoms with E-state index in [0.29, 0.717) is 31.4 Å². The van der Waals surface area contributed by atoms with Gasteiger partial charge in [-0.15, -0.1) is 0 Å². The number of hydrogen-bond acceptors (Lipinski definition) is 5. The van der Waals surface area contributed by atoms with Crippen LogP contribution in [-0.4, -0.2) is 53.8 Å². The molecule has 0 bridgehead atoms. The average Bonchev–Trinajstić information content (AvgIpc) is 3.39. The van der Waals surface area contributed by atoms with Gasteiger partial charge in [-0.3, -0.25) is 9.59 Å². The molecule has 34 heavy (non-hydrogen) atoms. The second-order valence-electron chi connectivity index (χ2n) is 8.42. The lowest BCUT2D eigenvalue weighted by Crippen LogP contribution is -2.43. The van der Waals surface area contributed by atoms with Crippen molar-refractivity contribution in [3.8, 4) is 5.69 Å². The number of aromatic nitrogens is 2. The molecule has 2 heterocycles. The first kappa shape index (κ1) is 23.8. The fourth-order valence-corrected chi connectivity index (χ4v) is 5.61. The fourth-order valence-electron chi connectivity index (χ4n) is 4.09. The van der Waals surface area contributed by atoms with E-state index in [0.717, 1.165) is 11.3 Å². The molecule has 0 aliphatic carbocycles. The number of amides is 1. The summed E-state index contributed by atoms with van der Waals surface area (Å²) >= 11 is 0. The number of sulfonamides is 1. The average molecular weight is 481 g/mol. The minimum atomic E-state index is -3.70. The number of benzene rings is 2. The highest BCUT2D eigenvalue weighted by Gasteiger charge is 2.32. The molecule has 1 fully saturated rings. The lowest BCUT2D eigenvalue weighted by atomic mass is 9.97. The largest absolute Gasteiger partial charge is 0.356 e. The van der Waals surface area contributed by atoms with Crippen LogP contribution in [0.3, 0.4) is 0 Å². The van der Waals surface area contributed by atoms with Crippen molar-refractivity contribution in [1.29, 1.82) is 0 Å². The molecule has 1 amide bonds. The van der Waals surface area contributed by atoms with E-state index in [1.54, 1.807) is 23.0 Å². The zero-order valence-electron chi connectivity index (χ0n) is 19.1. The summed E-state index contributed by atoms with van der Waals surface area (Å²) in [6.45, 7) is 2.49. The number of rotatable bonds is 8. The highest BCUT2D eigenvalue weighted by molar-refractivity contribution is 7.89. The van der Waals surface area contributed by atoms with Crippen molar-refractivity contribution in [2.24, 2.45) is 5.92 Å². The Labute approximate surface area is 199 Å². The molecule has 4 rings (SSSR count). The van der Waals surface area contributed by atoms with Crippen LogP contribution in [0, 0.1) is 5.92 Å². The van der Waals surface area contributed by atoms with E-state index in [2.05, 4.69) is 10.4 Å². The number of Topliss-reactive ketones (excluding diaryl/α,β-unsaturated/α-hetero) is 1. The number of carbonyl (C=O) groups is 2. The summed E-state index contributed by atoms with van der Waals surface area (Å²) in [6, 6.07) is 16.0. The second kappa shape index (κ2) is 10.3. The molecule has 0 unspecified atom stereocenters. The Morgan fingerprint density at radius 1 is 1.06 bits per heavy atom. The van der Waals surface area contributed by atoms with Gasteiger partial charge >= 0.3 is 0 Å². The molecule has 8 nitrogen and oxygen atoms in total. The monoisotopic (exact) mass is 480 g/mol. The molecular weight excluding hydrogens is 452 g/mol. The summed E-state index contributed by atoms with van der Waals surface area (Å²) in [6.07, 6.45) is 5.27. The Morgan fingerprint density at radius 3 is 2.44 bits per heavy atom. The van der Waals surface area contributed by atoms with E-state index in [1.165, 1.54) is 23.4 Å².